The summed E-state index contributed by atoms with van der Waals surface area (Å²) < 4.78 is 43.8. The van der Waals surface area contributed by atoms with Gasteiger partial charge in [-0.25, -0.2) is 4.79 Å². The zero-order valence-corrected chi connectivity index (χ0v) is 14.1. The second-order valence-electron chi connectivity index (χ2n) is 6.63. The zero-order valence-electron chi connectivity index (χ0n) is 14.1. The van der Waals surface area contributed by atoms with E-state index in [1.165, 1.54) is 12.1 Å². The van der Waals surface area contributed by atoms with Crippen LogP contribution in [0.5, 0.6) is 0 Å². The Bertz CT molecular complexity index is 1110. The van der Waals surface area contributed by atoms with Gasteiger partial charge in [0.25, 0.3) is 5.69 Å². The molecule has 0 bridgehead atoms. The first-order valence-corrected chi connectivity index (χ1v) is 8.32. The predicted molar refractivity (Wildman–Crippen MR) is 92.2 cm³/mol. The Labute approximate surface area is 155 Å². The number of benzene rings is 2. The maximum absolute atomic E-state index is 12.8. The van der Waals surface area contributed by atoms with Crippen LogP contribution in [0.3, 0.4) is 0 Å². The minimum Gasteiger partial charge on any atom is -0.478 e. The van der Waals surface area contributed by atoms with Gasteiger partial charge in [-0.1, -0.05) is 12.1 Å². The molecule has 1 heterocycles. The number of halogens is 3. The Kier molecular flexibility index (Phi) is 3.91. The largest absolute Gasteiger partial charge is 0.478 e. The van der Waals surface area contributed by atoms with Gasteiger partial charge in [0, 0.05) is 16.5 Å². The summed E-state index contributed by atoms with van der Waals surface area (Å²) >= 11 is 0. The van der Waals surface area contributed by atoms with Gasteiger partial charge in [-0.05, 0) is 37.0 Å². The second-order valence-corrected chi connectivity index (χ2v) is 6.63. The predicted octanol–water partition coefficient (Wildman–Crippen LogP) is 5.60. The lowest BCUT2D eigenvalue weighted by molar-refractivity contribution is -0.385. The van der Waals surface area contributed by atoms with E-state index in [0.717, 1.165) is 37.1 Å². The summed E-state index contributed by atoms with van der Waals surface area (Å²) in [5.41, 5.74) is -0.678. The molecular formula is C19H12F3NO5. The molecule has 0 unspecified atom stereocenters. The fraction of sp³-hybridized carbons (Fsp3) is 0.211. The van der Waals surface area contributed by atoms with Crippen LogP contribution in [0.1, 0.15) is 40.2 Å². The number of fused-ring (bicyclic) bond motifs is 1. The van der Waals surface area contributed by atoms with E-state index in [1.54, 1.807) is 0 Å². The maximum Gasteiger partial charge on any atom is 0.416 e. The second kappa shape index (κ2) is 6.08. The molecular weight excluding hydrogens is 379 g/mol. The van der Waals surface area contributed by atoms with Gasteiger partial charge >= 0.3 is 12.1 Å². The molecule has 1 N–H and O–H groups in total. The summed E-state index contributed by atoms with van der Waals surface area (Å²) in [4.78, 5) is 22.7. The van der Waals surface area contributed by atoms with Gasteiger partial charge < -0.3 is 9.52 Å². The van der Waals surface area contributed by atoms with Crippen LogP contribution in [-0.4, -0.2) is 16.0 Å². The monoisotopic (exact) mass is 391 g/mol. The van der Waals surface area contributed by atoms with E-state index in [-0.39, 0.29) is 39.5 Å². The molecule has 6 nitrogen and oxygen atoms in total. The van der Waals surface area contributed by atoms with Crippen LogP contribution in [0.2, 0.25) is 0 Å². The third-order valence-electron chi connectivity index (χ3n) is 4.74. The van der Waals surface area contributed by atoms with Crippen molar-refractivity contribution in [1.29, 1.82) is 0 Å². The van der Waals surface area contributed by atoms with E-state index in [2.05, 4.69) is 0 Å². The van der Waals surface area contributed by atoms with Gasteiger partial charge in [-0.3, -0.25) is 10.1 Å². The fourth-order valence-electron chi connectivity index (χ4n) is 3.25. The lowest BCUT2D eigenvalue weighted by Gasteiger charge is -2.07. The number of furan rings is 1. The summed E-state index contributed by atoms with van der Waals surface area (Å²) in [7, 11) is 0. The van der Waals surface area contributed by atoms with Crippen molar-refractivity contribution >= 4 is 22.6 Å². The van der Waals surface area contributed by atoms with Crippen LogP contribution < -0.4 is 0 Å². The van der Waals surface area contributed by atoms with E-state index in [1.807, 2.05) is 0 Å². The summed E-state index contributed by atoms with van der Waals surface area (Å²) in [5, 5.41) is 21.2. The van der Waals surface area contributed by atoms with Crippen LogP contribution in [-0.2, 0) is 6.18 Å². The Morgan fingerprint density at radius 2 is 1.82 bits per heavy atom. The third kappa shape index (κ3) is 2.98. The SMILES string of the molecule is O=C(O)c1c(-c2ccc(C(F)(F)F)cc2)oc2cc([N+](=O)[O-])c(C3CC3)cc12. The molecule has 1 aliphatic carbocycles. The van der Waals surface area contributed by atoms with Crippen molar-refractivity contribution in [2.24, 2.45) is 0 Å². The van der Waals surface area contributed by atoms with Gasteiger partial charge in [0.2, 0.25) is 0 Å². The van der Waals surface area contributed by atoms with Crippen molar-refractivity contribution in [2.45, 2.75) is 24.9 Å². The number of carbonyl (C=O) groups is 1. The zero-order chi connectivity index (χ0) is 20.2. The number of carboxylic acids is 1. The van der Waals surface area contributed by atoms with Crippen LogP contribution in [0.4, 0.5) is 18.9 Å². The molecule has 1 aliphatic rings. The van der Waals surface area contributed by atoms with E-state index in [0.29, 0.717) is 5.56 Å². The Morgan fingerprint density at radius 3 is 2.32 bits per heavy atom. The van der Waals surface area contributed by atoms with Crippen molar-refractivity contribution in [3.05, 3.63) is 63.2 Å². The average Bonchev–Trinajstić information content (AvgIpc) is 3.39. The molecule has 0 aliphatic heterocycles. The molecule has 0 amide bonds. The van der Waals surface area contributed by atoms with Gasteiger partial charge in [0.05, 0.1) is 16.6 Å². The van der Waals surface area contributed by atoms with Crippen molar-refractivity contribution in [3.63, 3.8) is 0 Å². The summed E-state index contributed by atoms with van der Waals surface area (Å²) in [5.74, 6) is -1.47. The van der Waals surface area contributed by atoms with Crippen molar-refractivity contribution < 1.29 is 32.4 Å². The topological polar surface area (TPSA) is 93.6 Å². The molecule has 0 radical (unpaired) electrons. The third-order valence-corrected chi connectivity index (χ3v) is 4.74. The molecule has 2 aromatic carbocycles. The maximum atomic E-state index is 12.8. The molecule has 0 saturated heterocycles. The molecule has 4 rings (SSSR count). The molecule has 1 fully saturated rings. The smallest absolute Gasteiger partial charge is 0.416 e. The van der Waals surface area contributed by atoms with Crippen LogP contribution in [0, 0.1) is 10.1 Å². The lowest BCUT2D eigenvalue weighted by atomic mass is 10.0. The van der Waals surface area contributed by atoms with Gasteiger partial charge in [-0.15, -0.1) is 0 Å². The molecule has 9 heteroatoms. The molecule has 28 heavy (non-hydrogen) atoms. The Hall–Kier alpha value is -3.36. The fourth-order valence-corrected chi connectivity index (χ4v) is 3.25. The van der Waals surface area contributed by atoms with Gasteiger partial charge in [0.1, 0.15) is 16.9 Å². The molecule has 0 spiro atoms. The van der Waals surface area contributed by atoms with Crippen LogP contribution in [0.15, 0.2) is 40.8 Å². The number of hydrogen-bond acceptors (Lipinski definition) is 4. The minimum atomic E-state index is -4.53. The quantitative estimate of drug-likeness (QED) is 0.461. The van der Waals surface area contributed by atoms with Crippen LogP contribution >= 0.6 is 0 Å². The molecule has 144 valence electrons. The summed E-state index contributed by atoms with van der Waals surface area (Å²) in [6.45, 7) is 0. The number of rotatable bonds is 4. The highest BCUT2D eigenvalue weighted by molar-refractivity contribution is 6.08. The number of nitro groups is 1. The first kappa shape index (κ1) is 18.0. The van der Waals surface area contributed by atoms with Crippen LogP contribution in [0.25, 0.3) is 22.3 Å². The number of alkyl halides is 3. The summed E-state index contributed by atoms with van der Waals surface area (Å²) in [6, 6.07) is 6.51. The summed E-state index contributed by atoms with van der Waals surface area (Å²) in [6.07, 6.45) is -2.97. The standard InChI is InChI=1S/C19H12F3NO5/c20-19(21,22)11-5-3-10(4-6-11)17-16(18(24)25)13-7-12(9-1-2-9)14(23(26)27)8-15(13)28-17/h3-9H,1-2H2,(H,24,25). The highest BCUT2D eigenvalue weighted by Gasteiger charge is 2.34. The minimum absolute atomic E-state index is 0.00315. The highest BCUT2D eigenvalue weighted by Crippen LogP contribution is 2.47. The molecule has 3 aromatic rings. The van der Waals surface area contributed by atoms with Crippen molar-refractivity contribution in [3.8, 4) is 11.3 Å². The highest BCUT2D eigenvalue weighted by atomic mass is 19.4. The number of carboxylic acid groups (broad SMARTS) is 1. The molecule has 1 saturated carbocycles. The van der Waals surface area contributed by atoms with Crippen molar-refractivity contribution in [2.75, 3.05) is 0 Å². The number of nitro benzene ring substituents is 1. The average molecular weight is 391 g/mol. The number of hydrogen-bond donors (Lipinski definition) is 1. The lowest BCUT2D eigenvalue weighted by Crippen LogP contribution is -2.04. The van der Waals surface area contributed by atoms with Crippen molar-refractivity contribution in [1.82, 2.24) is 0 Å². The number of nitrogens with zero attached hydrogens (tertiary/aromatic N) is 1. The molecule has 1 aromatic heterocycles. The first-order chi connectivity index (χ1) is 13.2. The Morgan fingerprint density at radius 1 is 1.18 bits per heavy atom. The van der Waals surface area contributed by atoms with E-state index in [4.69, 9.17) is 4.42 Å². The van der Waals surface area contributed by atoms with E-state index >= 15 is 0 Å². The van der Waals surface area contributed by atoms with E-state index < -0.39 is 22.6 Å². The van der Waals surface area contributed by atoms with Gasteiger partial charge in [0.15, 0.2) is 0 Å². The Balaban J connectivity index is 1.92. The number of aromatic carboxylic acids is 1. The van der Waals surface area contributed by atoms with E-state index in [9.17, 15) is 33.2 Å². The first-order valence-electron chi connectivity index (χ1n) is 8.32. The van der Waals surface area contributed by atoms with Gasteiger partial charge in [-0.2, -0.15) is 13.2 Å². The molecule has 0 atom stereocenters. The normalized spacial score (nSPS) is 14.4.